The van der Waals surface area contributed by atoms with Crippen LogP contribution >= 0.6 is 11.8 Å². The van der Waals surface area contributed by atoms with E-state index in [4.69, 9.17) is 4.42 Å². The number of hydrogen-bond acceptors (Lipinski definition) is 3. The van der Waals surface area contributed by atoms with Crippen molar-refractivity contribution in [2.75, 3.05) is 18.6 Å². The molecule has 0 fully saturated rings. The maximum Gasteiger partial charge on any atom is 0.134 e. The molecular formula is C16H23NOS. The van der Waals surface area contributed by atoms with Gasteiger partial charge in [0, 0.05) is 5.39 Å². The second kappa shape index (κ2) is 7.01. The molecule has 0 saturated carbocycles. The number of hydrogen-bond donors (Lipinski definition) is 1. The monoisotopic (exact) mass is 277 g/mol. The van der Waals surface area contributed by atoms with E-state index in [-0.39, 0.29) is 0 Å². The van der Waals surface area contributed by atoms with Crippen LogP contribution in [0.3, 0.4) is 0 Å². The van der Waals surface area contributed by atoms with Gasteiger partial charge < -0.3 is 9.73 Å². The fourth-order valence-electron chi connectivity index (χ4n) is 2.25. The number of nitrogens with one attached hydrogen (secondary N) is 1. The van der Waals surface area contributed by atoms with Crippen molar-refractivity contribution in [3.8, 4) is 0 Å². The van der Waals surface area contributed by atoms with E-state index >= 15 is 0 Å². The highest BCUT2D eigenvalue weighted by Gasteiger charge is 2.15. The third-order valence-electron chi connectivity index (χ3n) is 3.29. The molecule has 1 aromatic carbocycles. The largest absolute Gasteiger partial charge is 0.459 e. The first kappa shape index (κ1) is 14.5. The van der Waals surface area contributed by atoms with Gasteiger partial charge in [0.1, 0.15) is 11.3 Å². The summed E-state index contributed by atoms with van der Waals surface area (Å²) >= 11 is 1.89. The first-order chi connectivity index (χ1) is 9.24. The van der Waals surface area contributed by atoms with E-state index in [0.29, 0.717) is 6.04 Å². The standard InChI is InChI=1S/C16H23NOS/c1-4-8-17-14(7-9-19-3)16-11-13-10-12(2)5-6-15(13)18-16/h5-6,10-11,14,17H,4,7-9H2,1-3H3. The first-order valence-corrected chi connectivity index (χ1v) is 8.36. The van der Waals surface area contributed by atoms with Crippen LogP contribution in [0.1, 0.15) is 37.1 Å². The van der Waals surface area contributed by atoms with Crippen LogP contribution in [0, 0.1) is 6.92 Å². The summed E-state index contributed by atoms with van der Waals surface area (Å²) in [5, 5.41) is 4.80. The first-order valence-electron chi connectivity index (χ1n) is 6.97. The zero-order valence-electron chi connectivity index (χ0n) is 12.0. The lowest BCUT2D eigenvalue weighted by molar-refractivity contribution is 0.423. The van der Waals surface area contributed by atoms with E-state index in [0.717, 1.165) is 36.5 Å². The summed E-state index contributed by atoms with van der Waals surface area (Å²) in [6, 6.07) is 8.88. The SMILES string of the molecule is CCCNC(CCSC)c1cc2cc(C)ccc2o1. The predicted molar refractivity (Wildman–Crippen MR) is 85.0 cm³/mol. The van der Waals surface area contributed by atoms with Gasteiger partial charge >= 0.3 is 0 Å². The molecule has 0 aliphatic rings. The third-order valence-corrected chi connectivity index (χ3v) is 3.93. The topological polar surface area (TPSA) is 25.2 Å². The normalized spacial score (nSPS) is 13.0. The molecule has 3 heteroatoms. The molecule has 0 radical (unpaired) electrons. The summed E-state index contributed by atoms with van der Waals surface area (Å²) in [6.07, 6.45) is 4.41. The van der Waals surface area contributed by atoms with Crippen LogP contribution in [0.15, 0.2) is 28.7 Å². The lowest BCUT2D eigenvalue weighted by Gasteiger charge is -2.15. The van der Waals surface area contributed by atoms with E-state index in [9.17, 15) is 0 Å². The molecule has 104 valence electrons. The number of aryl methyl sites for hydroxylation is 1. The van der Waals surface area contributed by atoms with Gasteiger partial charge in [-0.1, -0.05) is 18.6 Å². The Hall–Kier alpha value is -0.930. The van der Waals surface area contributed by atoms with Crippen molar-refractivity contribution < 1.29 is 4.42 Å². The molecule has 0 bridgehead atoms. The van der Waals surface area contributed by atoms with Crippen LogP contribution in [0.2, 0.25) is 0 Å². The molecule has 1 N–H and O–H groups in total. The zero-order chi connectivity index (χ0) is 13.7. The van der Waals surface area contributed by atoms with E-state index in [1.165, 1.54) is 10.9 Å². The number of fused-ring (bicyclic) bond motifs is 1. The van der Waals surface area contributed by atoms with Gasteiger partial charge in [0.2, 0.25) is 0 Å². The van der Waals surface area contributed by atoms with Gasteiger partial charge in [-0.05, 0) is 56.5 Å². The summed E-state index contributed by atoms with van der Waals surface area (Å²) in [6.45, 7) is 5.35. The summed E-state index contributed by atoms with van der Waals surface area (Å²) in [4.78, 5) is 0. The zero-order valence-corrected chi connectivity index (χ0v) is 12.8. The number of furan rings is 1. The molecule has 2 aromatic rings. The van der Waals surface area contributed by atoms with E-state index in [1.54, 1.807) is 0 Å². The lowest BCUT2D eigenvalue weighted by atomic mass is 10.1. The highest BCUT2D eigenvalue weighted by molar-refractivity contribution is 7.98. The molecule has 0 aliphatic carbocycles. The Morgan fingerprint density at radius 2 is 2.16 bits per heavy atom. The van der Waals surface area contributed by atoms with Crippen molar-refractivity contribution in [1.82, 2.24) is 5.32 Å². The minimum atomic E-state index is 0.333. The number of thioether (sulfide) groups is 1. The highest BCUT2D eigenvalue weighted by Crippen LogP contribution is 2.27. The fraction of sp³-hybridized carbons (Fsp3) is 0.500. The average Bonchev–Trinajstić information content (AvgIpc) is 2.81. The van der Waals surface area contributed by atoms with Gasteiger partial charge in [0.15, 0.2) is 0 Å². The van der Waals surface area contributed by atoms with Gasteiger partial charge in [0.05, 0.1) is 6.04 Å². The molecule has 1 heterocycles. The molecule has 2 nitrogen and oxygen atoms in total. The van der Waals surface area contributed by atoms with E-state index in [1.807, 2.05) is 11.8 Å². The minimum absolute atomic E-state index is 0.333. The summed E-state index contributed by atoms with van der Waals surface area (Å²) in [7, 11) is 0. The van der Waals surface area contributed by atoms with Gasteiger partial charge in [-0.25, -0.2) is 0 Å². The maximum atomic E-state index is 6.01. The molecule has 0 spiro atoms. The molecule has 1 aromatic heterocycles. The van der Waals surface area contributed by atoms with Crippen LogP contribution < -0.4 is 5.32 Å². The Morgan fingerprint density at radius 3 is 2.89 bits per heavy atom. The maximum absolute atomic E-state index is 6.01. The van der Waals surface area contributed by atoms with Crippen molar-refractivity contribution in [1.29, 1.82) is 0 Å². The third kappa shape index (κ3) is 3.77. The van der Waals surface area contributed by atoms with Crippen molar-refractivity contribution in [2.45, 2.75) is 32.7 Å². The second-order valence-electron chi connectivity index (χ2n) is 4.98. The Balaban J connectivity index is 2.21. The van der Waals surface area contributed by atoms with Crippen molar-refractivity contribution >= 4 is 22.7 Å². The van der Waals surface area contributed by atoms with Crippen LogP contribution in [0.5, 0.6) is 0 Å². The fourth-order valence-corrected chi connectivity index (χ4v) is 2.73. The van der Waals surface area contributed by atoms with Gasteiger partial charge in [-0.2, -0.15) is 11.8 Å². The molecule has 19 heavy (non-hydrogen) atoms. The van der Waals surface area contributed by atoms with E-state index in [2.05, 4.69) is 49.7 Å². The smallest absolute Gasteiger partial charge is 0.134 e. The predicted octanol–water partition coefficient (Wildman–Crippen LogP) is 4.54. The highest BCUT2D eigenvalue weighted by atomic mass is 32.2. The van der Waals surface area contributed by atoms with Crippen molar-refractivity contribution in [3.63, 3.8) is 0 Å². The Labute approximate surface area is 119 Å². The molecule has 2 rings (SSSR count). The van der Waals surface area contributed by atoms with Gasteiger partial charge in [-0.15, -0.1) is 0 Å². The van der Waals surface area contributed by atoms with Gasteiger partial charge in [0.25, 0.3) is 0 Å². The van der Waals surface area contributed by atoms with E-state index < -0.39 is 0 Å². The van der Waals surface area contributed by atoms with Crippen molar-refractivity contribution in [2.24, 2.45) is 0 Å². The van der Waals surface area contributed by atoms with Crippen molar-refractivity contribution in [3.05, 3.63) is 35.6 Å². The Kier molecular flexibility index (Phi) is 5.34. The molecular weight excluding hydrogens is 254 g/mol. The molecule has 0 aliphatic heterocycles. The summed E-state index contributed by atoms with van der Waals surface area (Å²) in [5.41, 5.74) is 2.27. The van der Waals surface area contributed by atoms with Crippen LogP contribution in [0.4, 0.5) is 0 Å². The Bertz CT molecular complexity index is 512. The molecule has 1 atom stereocenters. The van der Waals surface area contributed by atoms with Crippen LogP contribution in [-0.4, -0.2) is 18.6 Å². The second-order valence-corrected chi connectivity index (χ2v) is 5.96. The van der Waals surface area contributed by atoms with Gasteiger partial charge in [-0.3, -0.25) is 0 Å². The molecule has 1 unspecified atom stereocenters. The number of rotatable bonds is 7. The van der Waals surface area contributed by atoms with Crippen LogP contribution in [0.25, 0.3) is 11.0 Å². The minimum Gasteiger partial charge on any atom is -0.459 e. The lowest BCUT2D eigenvalue weighted by Crippen LogP contribution is -2.22. The average molecular weight is 277 g/mol. The summed E-state index contributed by atoms with van der Waals surface area (Å²) < 4.78 is 6.01. The van der Waals surface area contributed by atoms with Crippen LogP contribution in [-0.2, 0) is 0 Å². The Morgan fingerprint density at radius 1 is 1.32 bits per heavy atom. The summed E-state index contributed by atoms with van der Waals surface area (Å²) in [5.74, 6) is 2.22. The quantitative estimate of drug-likeness (QED) is 0.804. The molecule has 0 amide bonds. The molecule has 0 saturated heterocycles. The number of benzene rings is 1.